The number of ether oxygens (including phenoxy) is 1. The molecule has 1 rings (SSSR count). The number of hydrogen-bond acceptors (Lipinski definition) is 1. The molecule has 0 saturated carbocycles. The molecule has 1 aromatic carbocycles. The molecule has 0 aliphatic rings. The predicted molar refractivity (Wildman–Crippen MR) is 61.4 cm³/mol. The molecule has 1 atom stereocenters. The van der Waals surface area contributed by atoms with E-state index in [0.29, 0.717) is 10.0 Å². The van der Waals surface area contributed by atoms with Crippen LogP contribution in [0.4, 0.5) is 8.78 Å². The smallest absolute Gasteiger partial charge is 0.277 e. The fraction of sp³-hybridized carbons (Fsp3) is 0.455. The first-order chi connectivity index (χ1) is 7.20. The molecule has 0 radical (unpaired) electrons. The van der Waals surface area contributed by atoms with Crippen molar-refractivity contribution in [3.05, 3.63) is 33.8 Å². The molecule has 0 heterocycles. The molecule has 90 valence electrons. The number of rotatable bonds is 3. The van der Waals surface area contributed by atoms with Gasteiger partial charge in [-0.3, -0.25) is 0 Å². The Morgan fingerprint density at radius 3 is 1.81 bits per heavy atom. The highest BCUT2D eigenvalue weighted by molar-refractivity contribution is 6.34. The molecule has 0 spiro atoms. The first-order valence-electron chi connectivity index (χ1n) is 4.60. The average Bonchev–Trinajstić information content (AvgIpc) is 2.13. The number of alkyl halides is 2. The van der Waals surface area contributed by atoms with Crippen molar-refractivity contribution < 1.29 is 13.5 Å². The van der Waals surface area contributed by atoms with Crippen LogP contribution in [0.2, 0.25) is 10.0 Å². The van der Waals surface area contributed by atoms with Crippen molar-refractivity contribution in [1.82, 2.24) is 0 Å². The fourth-order valence-electron chi connectivity index (χ4n) is 1.38. The summed E-state index contributed by atoms with van der Waals surface area (Å²) in [7, 11) is 1.23. The molecular weight excluding hydrogens is 257 g/mol. The molecule has 0 bridgehead atoms. The lowest BCUT2D eigenvalue weighted by Crippen LogP contribution is -2.42. The minimum Gasteiger partial charge on any atom is -0.368 e. The van der Waals surface area contributed by atoms with Gasteiger partial charge in [0.05, 0.1) is 0 Å². The van der Waals surface area contributed by atoms with Crippen LogP contribution in [0.5, 0.6) is 0 Å². The topological polar surface area (TPSA) is 9.23 Å². The van der Waals surface area contributed by atoms with E-state index in [9.17, 15) is 8.78 Å². The van der Waals surface area contributed by atoms with E-state index < -0.39 is 11.5 Å². The Morgan fingerprint density at radius 2 is 1.50 bits per heavy atom. The van der Waals surface area contributed by atoms with Crippen LogP contribution in [0.3, 0.4) is 0 Å². The molecule has 0 fully saturated rings. The zero-order chi connectivity index (χ0) is 12.6. The highest BCUT2D eigenvalue weighted by Crippen LogP contribution is 2.41. The summed E-state index contributed by atoms with van der Waals surface area (Å²) in [4.78, 5) is 0. The summed E-state index contributed by atoms with van der Waals surface area (Å²) in [6.45, 7) is 2.10. The van der Waals surface area contributed by atoms with Crippen LogP contribution in [0.15, 0.2) is 18.2 Å². The quantitative estimate of drug-likeness (QED) is 0.784. The van der Waals surface area contributed by atoms with Crippen LogP contribution >= 0.6 is 23.2 Å². The third-order valence-corrected chi connectivity index (χ3v) is 3.10. The van der Waals surface area contributed by atoms with Crippen molar-refractivity contribution in [2.75, 3.05) is 7.11 Å². The van der Waals surface area contributed by atoms with Gasteiger partial charge in [0, 0.05) is 24.1 Å². The maximum Gasteiger partial charge on any atom is 0.277 e. The number of methoxy groups -OCH3 is 1. The fourth-order valence-corrected chi connectivity index (χ4v) is 1.91. The van der Waals surface area contributed by atoms with Crippen molar-refractivity contribution in [2.45, 2.75) is 25.4 Å². The van der Waals surface area contributed by atoms with Crippen molar-refractivity contribution in [3.8, 4) is 0 Å². The van der Waals surface area contributed by atoms with E-state index in [1.165, 1.54) is 32.2 Å². The summed E-state index contributed by atoms with van der Waals surface area (Å²) in [5.74, 6) is -3.05. The van der Waals surface area contributed by atoms with E-state index in [1.807, 2.05) is 0 Å². The highest BCUT2D eigenvalue weighted by Gasteiger charge is 2.48. The molecule has 0 aromatic heterocycles. The number of hydrogen-bond donors (Lipinski definition) is 0. The Labute approximate surface area is 103 Å². The average molecular weight is 269 g/mol. The largest absolute Gasteiger partial charge is 0.368 e. The van der Waals surface area contributed by atoms with E-state index in [-0.39, 0.29) is 5.56 Å². The zero-order valence-corrected chi connectivity index (χ0v) is 10.7. The summed E-state index contributed by atoms with van der Waals surface area (Å²) >= 11 is 11.6. The molecule has 0 aliphatic heterocycles. The second-order valence-electron chi connectivity index (χ2n) is 3.78. The van der Waals surface area contributed by atoms with Crippen LogP contribution in [0.25, 0.3) is 0 Å². The van der Waals surface area contributed by atoms with Gasteiger partial charge < -0.3 is 4.74 Å². The third-order valence-electron chi connectivity index (χ3n) is 2.66. The van der Waals surface area contributed by atoms with Crippen LogP contribution < -0.4 is 0 Å². The summed E-state index contributed by atoms with van der Waals surface area (Å²) in [6.07, 6.45) is 0. The molecule has 1 nitrogen and oxygen atoms in total. The van der Waals surface area contributed by atoms with E-state index in [2.05, 4.69) is 0 Å². The van der Waals surface area contributed by atoms with Crippen molar-refractivity contribution in [3.63, 3.8) is 0 Å². The van der Waals surface area contributed by atoms with Gasteiger partial charge in [0.25, 0.3) is 5.92 Å². The van der Waals surface area contributed by atoms with E-state index in [0.717, 1.165) is 6.92 Å². The SMILES string of the molecule is COC(C)(c1cc(Cl)cc(Cl)c1)C(C)(F)F. The van der Waals surface area contributed by atoms with Gasteiger partial charge in [-0.15, -0.1) is 0 Å². The first-order valence-corrected chi connectivity index (χ1v) is 5.36. The summed E-state index contributed by atoms with van der Waals surface area (Å²) in [5, 5.41) is 0.602. The molecule has 1 aromatic rings. The van der Waals surface area contributed by atoms with E-state index in [4.69, 9.17) is 27.9 Å². The van der Waals surface area contributed by atoms with E-state index in [1.54, 1.807) is 0 Å². The molecule has 0 amide bonds. The lowest BCUT2D eigenvalue weighted by molar-refractivity contribution is -0.182. The van der Waals surface area contributed by atoms with Crippen LogP contribution in [-0.4, -0.2) is 13.0 Å². The van der Waals surface area contributed by atoms with Gasteiger partial charge in [0.2, 0.25) is 0 Å². The minimum atomic E-state index is -3.05. The third kappa shape index (κ3) is 2.47. The second kappa shape index (κ2) is 4.47. The van der Waals surface area contributed by atoms with Crippen LogP contribution in [0, 0.1) is 0 Å². The Kier molecular flexibility index (Phi) is 3.83. The van der Waals surface area contributed by atoms with Crippen molar-refractivity contribution in [1.29, 1.82) is 0 Å². The highest BCUT2D eigenvalue weighted by atomic mass is 35.5. The normalized spacial score (nSPS) is 15.9. The Bertz CT molecular complexity index is 370. The summed E-state index contributed by atoms with van der Waals surface area (Å²) in [6, 6.07) is 4.33. The van der Waals surface area contributed by atoms with Gasteiger partial charge in [0.1, 0.15) is 0 Å². The van der Waals surface area contributed by atoms with Gasteiger partial charge >= 0.3 is 0 Å². The molecule has 0 N–H and O–H groups in total. The van der Waals surface area contributed by atoms with Crippen LogP contribution in [0.1, 0.15) is 19.4 Å². The number of benzene rings is 1. The Morgan fingerprint density at radius 1 is 1.06 bits per heavy atom. The molecule has 0 aliphatic carbocycles. The Hall–Kier alpha value is -0.380. The number of halogens is 4. The minimum absolute atomic E-state index is 0.250. The lowest BCUT2D eigenvalue weighted by Gasteiger charge is -2.34. The van der Waals surface area contributed by atoms with Crippen molar-refractivity contribution in [2.24, 2.45) is 0 Å². The van der Waals surface area contributed by atoms with E-state index >= 15 is 0 Å². The maximum absolute atomic E-state index is 13.5. The second-order valence-corrected chi connectivity index (χ2v) is 4.66. The van der Waals surface area contributed by atoms with Gasteiger partial charge in [-0.1, -0.05) is 23.2 Å². The zero-order valence-electron chi connectivity index (χ0n) is 9.15. The van der Waals surface area contributed by atoms with Gasteiger partial charge in [-0.2, -0.15) is 0 Å². The molecule has 0 saturated heterocycles. The van der Waals surface area contributed by atoms with Gasteiger partial charge in [0.15, 0.2) is 5.60 Å². The van der Waals surface area contributed by atoms with Crippen LogP contribution in [-0.2, 0) is 10.3 Å². The lowest BCUT2D eigenvalue weighted by atomic mass is 9.90. The Balaban J connectivity index is 3.34. The summed E-state index contributed by atoms with van der Waals surface area (Å²) < 4.78 is 31.9. The molecule has 16 heavy (non-hydrogen) atoms. The molecule has 1 unspecified atom stereocenters. The van der Waals surface area contributed by atoms with Gasteiger partial charge in [-0.05, 0) is 30.7 Å². The molecule has 5 heteroatoms. The predicted octanol–water partition coefficient (Wildman–Crippen LogP) is 4.51. The van der Waals surface area contributed by atoms with Crippen molar-refractivity contribution >= 4 is 23.2 Å². The first kappa shape index (κ1) is 13.7. The summed E-state index contributed by atoms with van der Waals surface area (Å²) in [5.41, 5.74) is -1.50. The molecular formula is C11H12Cl2F2O. The van der Waals surface area contributed by atoms with Gasteiger partial charge in [-0.25, -0.2) is 8.78 Å². The monoisotopic (exact) mass is 268 g/mol. The maximum atomic E-state index is 13.5. The standard InChI is InChI=1S/C11H12Cl2F2O/c1-10(16-3,11(2,14)15)7-4-8(12)6-9(13)5-7/h4-6H,1-3H3.